The number of carbonyl (C=O) groups excluding carboxylic acids is 1. The highest BCUT2D eigenvalue weighted by atomic mass is 32.2. The molecule has 5 nitrogen and oxygen atoms in total. The maximum absolute atomic E-state index is 12.6. The Bertz CT molecular complexity index is 424. The van der Waals surface area contributed by atoms with Crippen molar-refractivity contribution >= 4 is 23.6 Å². The van der Waals surface area contributed by atoms with Crippen molar-refractivity contribution in [3.63, 3.8) is 0 Å². The Morgan fingerprint density at radius 2 is 1.94 bits per heavy atom. The number of rotatable bonds is 6. The molecule has 0 heterocycles. The fraction of sp³-hybridized carbons (Fsp3) is 0.273. The summed E-state index contributed by atoms with van der Waals surface area (Å²) in [5.74, 6) is -2.07. The van der Waals surface area contributed by atoms with Gasteiger partial charge in [0.1, 0.15) is 5.82 Å². The molecule has 1 rings (SSSR count). The first-order chi connectivity index (χ1) is 8.49. The quantitative estimate of drug-likeness (QED) is 0.656. The molecule has 1 amide bonds. The van der Waals surface area contributed by atoms with E-state index in [1.807, 2.05) is 0 Å². The lowest BCUT2D eigenvalue weighted by Gasteiger charge is -2.07. The zero-order valence-corrected chi connectivity index (χ0v) is 10.1. The van der Waals surface area contributed by atoms with Crippen LogP contribution in [0.1, 0.15) is 0 Å². The SMILES string of the molecule is O=C(CSc1ccc(F)cc1)NCC(O)C(=O)O. The van der Waals surface area contributed by atoms with Crippen LogP contribution in [-0.2, 0) is 9.59 Å². The monoisotopic (exact) mass is 273 g/mol. The summed E-state index contributed by atoms with van der Waals surface area (Å²) in [6.45, 7) is -0.335. The third kappa shape index (κ3) is 5.15. The van der Waals surface area contributed by atoms with Gasteiger partial charge in [0, 0.05) is 4.90 Å². The van der Waals surface area contributed by atoms with Crippen molar-refractivity contribution in [1.29, 1.82) is 0 Å². The molecule has 1 unspecified atom stereocenters. The van der Waals surface area contributed by atoms with E-state index >= 15 is 0 Å². The number of carboxylic acids is 1. The Balaban J connectivity index is 2.29. The van der Waals surface area contributed by atoms with Crippen LogP contribution in [-0.4, -0.2) is 40.5 Å². The first-order valence-electron chi connectivity index (χ1n) is 5.05. The molecule has 0 aliphatic rings. The van der Waals surface area contributed by atoms with Gasteiger partial charge in [-0.25, -0.2) is 9.18 Å². The number of halogens is 1. The van der Waals surface area contributed by atoms with Gasteiger partial charge in [-0.1, -0.05) is 0 Å². The summed E-state index contributed by atoms with van der Waals surface area (Å²) in [6.07, 6.45) is -1.61. The Hall–Kier alpha value is -1.60. The number of aliphatic hydroxyl groups excluding tert-OH is 1. The number of nitrogens with one attached hydrogen (secondary N) is 1. The Kier molecular flexibility index (Phi) is 5.60. The fourth-order valence-corrected chi connectivity index (χ4v) is 1.76. The molecule has 0 saturated heterocycles. The average Bonchev–Trinajstić information content (AvgIpc) is 2.35. The van der Waals surface area contributed by atoms with Gasteiger partial charge in [-0.3, -0.25) is 4.79 Å². The lowest BCUT2D eigenvalue weighted by atomic mass is 10.3. The van der Waals surface area contributed by atoms with Crippen LogP contribution in [0.2, 0.25) is 0 Å². The molecule has 0 fully saturated rings. The first-order valence-corrected chi connectivity index (χ1v) is 6.03. The van der Waals surface area contributed by atoms with E-state index in [4.69, 9.17) is 10.2 Å². The molecule has 0 aromatic heterocycles. The van der Waals surface area contributed by atoms with Crippen molar-refractivity contribution in [3.8, 4) is 0 Å². The van der Waals surface area contributed by atoms with E-state index < -0.39 is 18.0 Å². The molecule has 1 aromatic carbocycles. The summed E-state index contributed by atoms with van der Waals surface area (Å²) in [5.41, 5.74) is 0. The van der Waals surface area contributed by atoms with E-state index in [1.165, 1.54) is 23.9 Å². The van der Waals surface area contributed by atoms with E-state index in [9.17, 15) is 14.0 Å². The molecule has 1 aromatic rings. The summed E-state index contributed by atoms with van der Waals surface area (Å²) in [5, 5.41) is 19.6. The molecular weight excluding hydrogens is 261 g/mol. The van der Waals surface area contributed by atoms with Crippen LogP contribution in [0.25, 0.3) is 0 Å². The number of benzene rings is 1. The number of amides is 1. The highest BCUT2D eigenvalue weighted by Crippen LogP contribution is 2.17. The molecule has 0 saturated carbocycles. The van der Waals surface area contributed by atoms with Crippen molar-refractivity contribution in [2.24, 2.45) is 0 Å². The maximum Gasteiger partial charge on any atom is 0.334 e. The van der Waals surface area contributed by atoms with Gasteiger partial charge in [0.15, 0.2) is 6.10 Å². The van der Waals surface area contributed by atoms with Gasteiger partial charge >= 0.3 is 5.97 Å². The minimum Gasteiger partial charge on any atom is -0.479 e. The number of thioether (sulfide) groups is 1. The predicted octanol–water partition coefficient (Wildman–Crippen LogP) is 0.479. The van der Waals surface area contributed by atoms with E-state index in [0.29, 0.717) is 0 Å². The van der Waals surface area contributed by atoms with Crippen molar-refractivity contribution in [2.75, 3.05) is 12.3 Å². The highest BCUT2D eigenvalue weighted by Gasteiger charge is 2.13. The van der Waals surface area contributed by atoms with Gasteiger partial charge in [0.05, 0.1) is 12.3 Å². The van der Waals surface area contributed by atoms with E-state index in [-0.39, 0.29) is 18.1 Å². The van der Waals surface area contributed by atoms with Crippen molar-refractivity contribution in [3.05, 3.63) is 30.1 Å². The summed E-state index contributed by atoms with van der Waals surface area (Å²) >= 11 is 1.19. The number of aliphatic carboxylic acids is 1. The molecule has 0 aliphatic heterocycles. The van der Waals surface area contributed by atoms with Crippen molar-refractivity contribution in [2.45, 2.75) is 11.0 Å². The zero-order chi connectivity index (χ0) is 13.5. The number of hydrogen-bond donors (Lipinski definition) is 3. The van der Waals surface area contributed by atoms with Crippen LogP contribution < -0.4 is 5.32 Å². The smallest absolute Gasteiger partial charge is 0.334 e. The number of hydrogen-bond acceptors (Lipinski definition) is 4. The lowest BCUT2D eigenvalue weighted by Crippen LogP contribution is -2.37. The molecule has 0 aliphatic carbocycles. The molecule has 18 heavy (non-hydrogen) atoms. The summed E-state index contributed by atoms with van der Waals surface area (Å²) in [7, 11) is 0. The second-order valence-electron chi connectivity index (χ2n) is 3.40. The average molecular weight is 273 g/mol. The molecule has 7 heteroatoms. The summed E-state index contributed by atoms with van der Waals surface area (Å²) in [6, 6.07) is 5.65. The Labute approximate surface area is 107 Å². The third-order valence-electron chi connectivity index (χ3n) is 1.96. The van der Waals surface area contributed by atoms with E-state index in [2.05, 4.69) is 5.32 Å². The highest BCUT2D eigenvalue weighted by molar-refractivity contribution is 8.00. The topological polar surface area (TPSA) is 86.6 Å². The zero-order valence-electron chi connectivity index (χ0n) is 9.30. The Morgan fingerprint density at radius 3 is 2.50 bits per heavy atom. The standard InChI is InChI=1S/C11H12FNO4S/c12-7-1-3-8(4-2-7)18-6-10(15)13-5-9(14)11(16)17/h1-4,9,14H,5-6H2,(H,13,15)(H,16,17). The van der Waals surface area contributed by atoms with Crippen LogP contribution in [0.3, 0.4) is 0 Å². The fourth-order valence-electron chi connectivity index (χ4n) is 1.03. The van der Waals surface area contributed by atoms with Crippen LogP contribution in [0, 0.1) is 5.82 Å². The Morgan fingerprint density at radius 1 is 1.33 bits per heavy atom. The van der Waals surface area contributed by atoms with Crippen LogP contribution in [0.5, 0.6) is 0 Å². The minimum absolute atomic E-state index is 0.0674. The first kappa shape index (κ1) is 14.5. The maximum atomic E-state index is 12.6. The molecular formula is C11H12FNO4S. The molecule has 3 N–H and O–H groups in total. The normalized spacial score (nSPS) is 11.9. The minimum atomic E-state index is -1.61. The molecule has 0 bridgehead atoms. The van der Waals surface area contributed by atoms with Gasteiger partial charge in [-0.2, -0.15) is 0 Å². The molecule has 1 atom stereocenters. The lowest BCUT2D eigenvalue weighted by molar-refractivity contribution is -0.146. The van der Waals surface area contributed by atoms with Gasteiger partial charge < -0.3 is 15.5 Å². The number of carbonyl (C=O) groups is 2. The number of carboxylic acid groups (broad SMARTS) is 1. The van der Waals surface area contributed by atoms with E-state index in [1.54, 1.807) is 12.1 Å². The second kappa shape index (κ2) is 6.97. The summed E-state index contributed by atoms with van der Waals surface area (Å²) in [4.78, 5) is 22.3. The van der Waals surface area contributed by atoms with Gasteiger partial charge in [-0.05, 0) is 24.3 Å². The third-order valence-corrected chi connectivity index (χ3v) is 2.97. The van der Waals surface area contributed by atoms with Gasteiger partial charge in [0.25, 0.3) is 0 Å². The van der Waals surface area contributed by atoms with Crippen LogP contribution >= 0.6 is 11.8 Å². The van der Waals surface area contributed by atoms with Crippen molar-refractivity contribution < 1.29 is 24.2 Å². The van der Waals surface area contributed by atoms with E-state index in [0.717, 1.165) is 4.90 Å². The molecule has 98 valence electrons. The predicted molar refractivity (Wildman–Crippen MR) is 63.8 cm³/mol. The van der Waals surface area contributed by atoms with Gasteiger partial charge in [0.2, 0.25) is 5.91 Å². The largest absolute Gasteiger partial charge is 0.479 e. The summed E-state index contributed by atoms with van der Waals surface area (Å²) < 4.78 is 12.6. The second-order valence-corrected chi connectivity index (χ2v) is 4.45. The van der Waals surface area contributed by atoms with Crippen molar-refractivity contribution in [1.82, 2.24) is 5.32 Å². The van der Waals surface area contributed by atoms with Crippen LogP contribution in [0.15, 0.2) is 29.2 Å². The molecule has 0 radical (unpaired) electrons. The van der Waals surface area contributed by atoms with Crippen LogP contribution in [0.4, 0.5) is 4.39 Å². The number of aliphatic hydroxyl groups is 1. The van der Waals surface area contributed by atoms with Gasteiger partial charge in [-0.15, -0.1) is 11.8 Å². The molecule has 0 spiro atoms.